The molecule has 0 saturated carbocycles. The lowest BCUT2D eigenvalue weighted by Crippen LogP contribution is -2.13. The average Bonchev–Trinajstić information content (AvgIpc) is 4.01. The number of para-hydroxylation sites is 1. The van der Waals surface area contributed by atoms with Crippen LogP contribution in [0.1, 0.15) is 52.7 Å². The molecule has 12 rings (SSSR count). The van der Waals surface area contributed by atoms with E-state index in [1.165, 1.54) is 44.2 Å². The number of hydrogen-bond acceptors (Lipinski definition) is 3. The summed E-state index contributed by atoms with van der Waals surface area (Å²) in [6, 6.07) is 77.4. The zero-order valence-electron chi connectivity index (χ0n) is 39.5. The molecule has 0 atom stereocenters. The van der Waals surface area contributed by atoms with Gasteiger partial charge in [-0.3, -0.25) is 0 Å². The van der Waals surface area contributed by atoms with Crippen LogP contribution in [-0.2, 0) is 10.8 Å². The van der Waals surface area contributed by atoms with Gasteiger partial charge >= 0.3 is 0 Å². The molecule has 0 aliphatic carbocycles. The highest BCUT2D eigenvalue weighted by molar-refractivity contribution is 6.29. The van der Waals surface area contributed by atoms with E-state index in [1.807, 2.05) is 0 Å². The minimum absolute atomic E-state index is 0.0321. The van der Waals surface area contributed by atoms with E-state index in [0.717, 1.165) is 72.6 Å². The van der Waals surface area contributed by atoms with Crippen molar-refractivity contribution in [1.82, 2.24) is 4.40 Å². The number of benzene rings is 9. The van der Waals surface area contributed by atoms with Gasteiger partial charge in [0, 0.05) is 56.0 Å². The third kappa shape index (κ3) is 6.90. The summed E-state index contributed by atoms with van der Waals surface area (Å²) >= 11 is 0. The summed E-state index contributed by atoms with van der Waals surface area (Å²) in [4.78, 5) is 4.79. The molecule has 4 nitrogen and oxygen atoms in total. The van der Waals surface area contributed by atoms with Gasteiger partial charge in [-0.1, -0.05) is 169 Å². The van der Waals surface area contributed by atoms with Crippen LogP contribution in [0.3, 0.4) is 0 Å². The largest absolute Gasteiger partial charge is 0.454 e. The van der Waals surface area contributed by atoms with Crippen LogP contribution in [0.5, 0.6) is 0 Å². The van der Waals surface area contributed by atoms with E-state index < -0.39 is 0 Å². The van der Waals surface area contributed by atoms with Gasteiger partial charge in [-0.25, -0.2) is 0 Å². The summed E-state index contributed by atoms with van der Waals surface area (Å²) in [5.74, 6) is 0. The van der Waals surface area contributed by atoms with Crippen LogP contribution < -0.4 is 9.80 Å². The Kier molecular flexibility index (Phi) is 9.60. The molecular weight excluding hydrogens is 827 g/mol. The highest BCUT2D eigenvalue weighted by atomic mass is 16.3. The van der Waals surface area contributed by atoms with Crippen molar-refractivity contribution in [3.05, 3.63) is 223 Å². The maximum absolute atomic E-state index is 7.13. The average molecular weight is 880 g/mol. The SMILES string of the molecule is CC(C)(C)c1ccc(N(c2cccc(-c3ccccc3)c2)c2ccc3c(c2)oc2c4ccc(N(c5ccc(C(C)(C)C)cc5)c5cccc(-c6ccccc6)c5)c5c6ccccc6n(c32)c45)cc1. The van der Waals surface area contributed by atoms with Crippen molar-refractivity contribution in [2.75, 3.05) is 9.80 Å². The predicted molar refractivity (Wildman–Crippen MR) is 289 cm³/mol. The summed E-state index contributed by atoms with van der Waals surface area (Å²) < 4.78 is 9.58. The summed E-state index contributed by atoms with van der Waals surface area (Å²) in [5.41, 5.74) is 19.1. The number of aromatic nitrogens is 1. The summed E-state index contributed by atoms with van der Waals surface area (Å²) in [6.07, 6.45) is 0. The van der Waals surface area contributed by atoms with Crippen molar-refractivity contribution in [3.63, 3.8) is 0 Å². The second-order valence-corrected chi connectivity index (χ2v) is 20.3. The first-order valence-corrected chi connectivity index (χ1v) is 23.8. The molecule has 3 heterocycles. The second-order valence-electron chi connectivity index (χ2n) is 20.3. The van der Waals surface area contributed by atoms with E-state index >= 15 is 0 Å². The molecule has 9 aromatic carbocycles. The molecule has 0 bridgehead atoms. The molecule has 0 unspecified atom stereocenters. The van der Waals surface area contributed by atoms with Gasteiger partial charge in [0.1, 0.15) is 11.1 Å². The number of rotatable bonds is 8. The molecule has 0 aliphatic heterocycles. The van der Waals surface area contributed by atoms with Crippen LogP contribution in [-0.4, -0.2) is 4.40 Å². The van der Waals surface area contributed by atoms with Crippen LogP contribution in [0.25, 0.3) is 71.5 Å². The molecule has 12 aromatic rings. The Bertz CT molecular complexity index is 3790. The zero-order valence-corrected chi connectivity index (χ0v) is 39.5. The van der Waals surface area contributed by atoms with Gasteiger partial charge in [0.15, 0.2) is 5.58 Å². The molecule has 0 amide bonds. The van der Waals surface area contributed by atoms with Crippen molar-refractivity contribution in [3.8, 4) is 22.3 Å². The van der Waals surface area contributed by atoms with Crippen molar-refractivity contribution in [2.24, 2.45) is 0 Å². The number of nitrogens with zero attached hydrogens (tertiary/aromatic N) is 3. The predicted octanol–water partition coefficient (Wildman–Crippen LogP) is 18.5. The fraction of sp³-hybridized carbons (Fsp3) is 0.125. The Morgan fingerprint density at radius 1 is 0.368 bits per heavy atom. The molecule has 68 heavy (non-hydrogen) atoms. The number of fused-ring (bicyclic) bond motifs is 8. The summed E-state index contributed by atoms with van der Waals surface area (Å²) in [6.45, 7) is 13.6. The van der Waals surface area contributed by atoms with E-state index in [4.69, 9.17) is 4.42 Å². The van der Waals surface area contributed by atoms with Crippen LogP contribution in [0.15, 0.2) is 217 Å². The first-order chi connectivity index (χ1) is 33.0. The minimum atomic E-state index is 0.0321. The van der Waals surface area contributed by atoms with Gasteiger partial charge in [0.25, 0.3) is 0 Å². The van der Waals surface area contributed by atoms with Crippen molar-refractivity contribution in [2.45, 2.75) is 52.4 Å². The highest BCUT2D eigenvalue weighted by Gasteiger charge is 2.28. The van der Waals surface area contributed by atoms with E-state index in [-0.39, 0.29) is 10.8 Å². The third-order valence-electron chi connectivity index (χ3n) is 13.8. The Morgan fingerprint density at radius 3 is 1.44 bits per heavy atom. The third-order valence-corrected chi connectivity index (χ3v) is 13.8. The fourth-order valence-corrected chi connectivity index (χ4v) is 10.3. The topological polar surface area (TPSA) is 24.0 Å². The molecule has 0 spiro atoms. The van der Waals surface area contributed by atoms with E-state index in [2.05, 4.69) is 268 Å². The lowest BCUT2D eigenvalue weighted by Gasteiger charge is -2.28. The Balaban J connectivity index is 1.05. The van der Waals surface area contributed by atoms with E-state index in [0.29, 0.717) is 0 Å². The smallest absolute Gasteiger partial charge is 0.161 e. The van der Waals surface area contributed by atoms with Crippen molar-refractivity contribution in [1.29, 1.82) is 0 Å². The van der Waals surface area contributed by atoms with Crippen LogP contribution in [0.4, 0.5) is 34.1 Å². The molecule has 4 heteroatoms. The first kappa shape index (κ1) is 41.4. The second kappa shape index (κ2) is 15.8. The van der Waals surface area contributed by atoms with Gasteiger partial charge in [0.2, 0.25) is 0 Å². The Hall–Kier alpha value is -8.08. The zero-order chi connectivity index (χ0) is 46.3. The quantitative estimate of drug-likeness (QED) is 0.152. The standard InChI is InChI=1S/C64H53N3O/c1-63(2,3)46-27-31-48(32-28-46)65(50-23-15-21-44(39-50)42-17-9-7-10-18-42)52-35-36-54-58(41-52)68-62-55-37-38-57(59-53-25-13-14-26-56(53)67(60(55)59)61(54)62)66(49-33-29-47(30-34-49)64(4,5)6)51-24-16-22-45(40-51)43-19-11-8-12-20-43/h7-41H,1-6H3. The number of furan rings is 1. The van der Waals surface area contributed by atoms with Gasteiger partial charge in [-0.15, -0.1) is 0 Å². The molecule has 0 fully saturated rings. The maximum atomic E-state index is 7.13. The molecule has 0 radical (unpaired) electrons. The number of anilines is 6. The number of hydrogen-bond donors (Lipinski definition) is 0. The van der Waals surface area contributed by atoms with Crippen molar-refractivity contribution < 1.29 is 4.42 Å². The Labute approximate surface area is 398 Å². The molecular formula is C64H53N3O. The van der Waals surface area contributed by atoms with Gasteiger partial charge < -0.3 is 18.6 Å². The molecule has 3 aromatic heterocycles. The lowest BCUT2D eigenvalue weighted by molar-refractivity contribution is 0.590. The lowest BCUT2D eigenvalue weighted by atomic mass is 9.87. The fourth-order valence-electron chi connectivity index (χ4n) is 10.3. The van der Waals surface area contributed by atoms with Gasteiger partial charge in [-0.05, 0) is 123 Å². The molecule has 0 aliphatic rings. The van der Waals surface area contributed by atoms with Crippen LogP contribution in [0, 0.1) is 0 Å². The minimum Gasteiger partial charge on any atom is -0.454 e. The Morgan fingerprint density at radius 2 is 0.853 bits per heavy atom. The summed E-state index contributed by atoms with van der Waals surface area (Å²) in [5, 5.41) is 4.58. The first-order valence-electron chi connectivity index (χ1n) is 23.8. The molecule has 0 N–H and O–H groups in total. The monoisotopic (exact) mass is 879 g/mol. The molecule has 330 valence electrons. The van der Waals surface area contributed by atoms with Gasteiger partial charge in [0.05, 0.1) is 16.7 Å². The normalized spacial score (nSPS) is 12.3. The van der Waals surface area contributed by atoms with Crippen LogP contribution in [0.2, 0.25) is 0 Å². The van der Waals surface area contributed by atoms with E-state index in [1.54, 1.807) is 0 Å². The van der Waals surface area contributed by atoms with Gasteiger partial charge in [-0.2, -0.15) is 0 Å². The van der Waals surface area contributed by atoms with Crippen molar-refractivity contribution >= 4 is 83.4 Å². The summed E-state index contributed by atoms with van der Waals surface area (Å²) in [7, 11) is 0. The maximum Gasteiger partial charge on any atom is 0.161 e. The highest BCUT2D eigenvalue weighted by Crippen LogP contribution is 2.50. The van der Waals surface area contributed by atoms with E-state index in [9.17, 15) is 0 Å². The van der Waals surface area contributed by atoms with Crippen LogP contribution >= 0.6 is 0 Å². The molecule has 0 saturated heterocycles.